The second-order valence-corrected chi connectivity index (χ2v) is 9.29. The SMILES string of the molecule is O=C(Nc1ccc(Oc2ccc(OC(F)F)cc2)cc1)N1CC(c2ccc(F)cc2)=C(c2ccc3c(c2)OC(F)(F)O3)N1. The van der Waals surface area contributed by atoms with Crippen molar-refractivity contribution in [2.75, 3.05) is 11.9 Å². The van der Waals surface area contributed by atoms with Gasteiger partial charge in [-0.1, -0.05) is 12.1 Å². The number of nitrogens with zero attached hydrogens (tertiary/aromatic N) is 1. The van der Waals surface area contributed by atoms with E-state index in [-0.39, 0.29) is 23.8 Å². The van der Waals surface area contributed by atoms with Crippen molar-refractivity contribution in [1.29, 1.82) is 0 Å². The lowest BCUT2D eigenvalue weighted by molar-refractivity contribution is -0.286. The van der Waals surface area contributed by atoms with Gasteiger partial charge in [0.05, 0.1) is 12.2 Å². The third kappa shape index (κ3) is 6.25. The standard InChI is InChI=1S/C30H20F5N3O5/c31-19-4-1-17(2-5-19)24-16-38(37-27(24)18-3-14-25-26(15-18)43-30(34,35)42-25)29(39)36-20-6-8-21(9-7-20)40-22-10-12-23(13-11-22)41-28(32)33/h1-15,28,37H,16H2,(H,36,39). The fourth-order valence-electron chi connectivity index (χ4n) is 4.45. The Labute approximate surface area is 240 Å². The molecule has 0 radical (unpaired) electrons. The number of hydrogen-bond acceptors (Lipinski definition) is 6. The van der Waals surface area contributed by atoms with Crippen molar-refractivity contribution in [1.82, 2.24) is 10.4 Å². The van der Waals surface area contributed by atoms with Gasteiger partial charge >= 0.3 is 18.9 Å². The molecule has 4 aromatic carbocycles. The molecule has 13 heteroatoms. The molecule has 8 nitrogen and oxygen atoms in total. The predicted molar refractivity (Wildman–Crippen MR) is 144 cm³/mol. The Kier molecular flexibility index (Phi) is 7.14. The molecule has 220 valence electrons. The van der Waals surface area contributed by atoms with Crippen molar-refractivity contribution in [3.05, 3.63) is 108 Å². The fraction of sp³-hybridized carbons (Fsp3) is 0.100. The average molecular weight is 597 g/mol. The highest BCUT2D eigenvalue weighted by Crippen LogP contribution is 2.43. The summed E-state index contributed by atoms with van der Waals surface area (Å²) >= 11 is 0. The van der Waals surface area contributed by atoms with E-state index in [1.165, 1.54) is 59.6 Å². The number of rotatable bonds is 7. The number of carbonyl (C=O) groups is 1. The molecule has 0 aliphatic carbocycles. The minimum Gasteiger partial charge on any atom is -0.457 e. The number of hydrazine groups is 1. The van der Waals surface area contributed by atoms with Crippen LogP contribution in [0.25, 0.3) is 11.3 Å². The van der Waals surface area contributed by atoms with Gasteiger partial charge in [0.2, 0.25) is 0 Å². The van der Waals surface area contributed by atoms with Gasteiger partial charge in [0.1, 0.15) is 23.1 Å². The Morgan fingerprint density at radius 3 is 2.12 bits per heavy atom. The summed E-state index contributed by atoms with van der Waals surface area (Å²) < 4.78 is 84.5. The molecule has 4 aromatic rings. The smallest absolute Gasteiger partial charge is 0.457 e. The van der Waals surface area contributed by atoms with Crippen LogP contribution in [-0.2, 0) is 0 Å². The molecule has 2 aliphatic rings. The maximum Gasteiger partial charge on any atom is 0.586 e. The molecule has 6 rings (SSSR count). The number of amides is 2. The number of anilines is 1. The summed E-state index contributed by atoms with van der Waals surface area (Å²) in [6.45, 7) is -2.87. The van der Waals surface area contributed by atoms with Crippen LogP contribution in [0, 0.1) is 5.82 Å². The lowest BCUT2D eigenvalue weighted by atomic mass is 10.0. The Balaban J connectivity index is 1.16. The zero-order chi connectivity index (χ0) is 30.1. The van der Waals surface area contributed by atoms with Gasteiger partial charge in [-0.25, -0.2) is 14.2 Å². The van der Waals surface area contributed by atoms with E-state index in [1.807, 2.05) is 0 Å². The molecule has 2 amide bonds. The number of carbonyl (C=O) groups excluding carboxylic acids is 1. The molecule has 2 aliphatic heterocycles. The first-order valence-electron chi connectivity index (χ1n) is 12.7. The van der Waals surface area contributed by atoms with Crippen LogP contribution in [-0.4, -0.2) is 30.5 Å². The molecule has 0 atom stereocenters. The van der Waals surface area contributed by atoms with Crippen molar-refractivity contribution in [2.45, 2.75) is 12.9 Å². The Morgan fingerprint density at radius 2 is 1.44 bits per heavy atom. The van der Waals surface area contributed by atoms with Gasteiger partial charge in [-0.3, -0.25) is 5.43 Å². The monoisotopic (exact) mass is 597 g/mol. The number of halogens is 5. The zero-order valence-corrected chi connectivity index (χ0v) is 21.8. The molecule has 0 fully saturated rings. The van der Waals surface area contributed by atoms with E-state index in [9.17, 15) is 26.7 Å². The molecular formula is C30H20F5N3O5. The third-order valence-corrected chi connectivity index (χ3v) is 6.38. The van der Waals surface area contributed by atoms with Gasteiger partial charge in [-0.05, 0) is 84.4 Å². The van der Waals surface area contributed by atoms with Crippen LogP contribution in [0.2, 0.25) is 0 Å². The van der Waals surface area contributed by atoms with Crippen molar-refractivity contribution < 1.29 is 45.7 Å². The largest absolute Gasteiger partial charge is 0.586 e. The molecule has 0 aromatic heterocycles. The van der Waals surface area contributed by atoms with Crippen LogP contribution in [0.3, 0.4) is 0 Å². The number of benzene rings is 4. The minimum absolute atomic E-state index is 0.00348. The first-order chi connectivity index (χ1) is 20.6. The lowest BCUT2D eigenvalue weighted by Gasteiger charge is -2.19. The predicted octanol–water partition coefficient (Wildman–Crippen LogP) is 7.46. The van der Waals surface area contributed by atoms with Crippen LogP contribution in [0.15, 0.2) is 91.0 Å². The second kappa shape index (κ2) is 11.1. The first kappa shape index (κ1) is 27.7. The van der Waals surface area contributed by atoms with E-state index < -0.39 is 24.8 Å². The van der Waals surface area contributed by atoms with Crippen LogP contribution in [0.5, 0.6) is 28.7 Å². The number of hydrogen-bond donors (Lipinski definition) is 2. The topological polar surface area (TPSA) is 81.3 Å². The Hall–Kier alpha value is -5.46. The lowest BCUT2D eigenvalue weighted by Crippen LogP contribution is -2.40. The molecule has 0 saturated heterocycles. The Morgan fingerprint density at radius 1 is 0.837 bits per heavy atom. The molecule has 0 saturated carbocycles. The van der Waals surface area contributed by atoms with Crippen molar-refractivity contribution >= 4 is 23.0 Å². The number of alkyl halides is 4. The summed E-state index contributed by atoms with van der Waals surface area (Å²) in [5.41, 5.74) is 5.51. The highest BCUT2D eigenvalue weighted by molar-refractivity contribution is 5.98. The highest BCUT2D eigenvalue weighted by Gasteiger charge is 2.43. The second-order valence-electron chi connectivity index (χ2n) is 9.29. The summed E-state index contributed by atoms with van der Waals surface area (Å²) in [5.74, 6) is 0.0705. The maximum absolute atomic E-state index is 13.6. The van der Waals surface area contributed by atoms with Crippen molar-refractivity contribution in [3.8, 4) is 28.7 Å². The summed E-state index contributed by atoms with van der Waals surface area (Å²) in [5, 5.41) is 4.04. The summed E-state index contributed by atoms with van der Waals surface area (Å²) in [4.78, 5) is 13.2. The molecule has 0 unspecified atom stereocenters. The van der Waals surface area contributed by atoms with E-state index in [0.29, 0.717) is 39.6 Å². The highest BCUT2D eigenvalue weighted by atomic mass is 19.3. The van der Waals surface area contributed by atoms with Gasteiger partial charge in [0.25, 0.3) is 0 Å². The van der Waals surface area contributed by atoms with E-state index in [2.05, 4.69) is 25.0 Å². The molecule has 2 heterocycles. The number of nitrogens with one attached hydrogen (secondary N) is 2. The van der Waals surface area contributed by atoms with Crippen molar-refractivity contribution in [2.24, 2.45) is 0 Å². The number of urea groups is 1. The number of ether oxygens (including phenoxy) is 4. The minimum atomic E-state index is -3.79. The summed E-state index contributed by atoms with van der Waals surface area (Å²) in [7, 11) is 0. The fourth-order valence-corrected chi connectivity index (χ4v) is 4.45. The van der Waals surface area contributed by atoms with Crippen LogP contribution >= 0.6 is 0 Å². The Bertz CT molecular complexity index is 1680. The van der Waals surface area contributed by atoms with Gasteiger partial charge in [0, 0.05) is 16.8 Å². The molecular weight excluding hydrogens is 577 g/mol. The zero-order valence-electron chi connectivity index (χ0n) is 21.8. The van der Waals surface area contributed by atoms with Crippen molar-refractivity contribution in [3.63, 3.8) is 0 Å². The van der Waals surface area contributed by atoms with E-state index in [0.717, 1.165) is 0 Å². The summed E-state index contributed by atoms with van der Waals surface area (Å²) in [6, 6.07) is 21.4. The van der Waals surface area contributed by atoms with Crippen LogP contribution in [0.4, 0.5) is 32.4 Å². The van der Waals surface area contributed by atoms with E-state index in [4.69, 9.17) is 4.74 Å². The van der Waals surface area contributed by atoms with Crippen LogP contribution in [0.1, 0.15) is 11.1 Å². The molecule has 2 N–H and O–H groups in total. The first-order valence-corrected chi connectivity index (χ1v) is 12.7. The quantitative estimate of drug-likeness (QED) is 0.215. The number of fused-ring (bicyclic) bond motifs is 1. The summed E-state index contributed by atoms with van der Waals surface area (Å²) in [6.07, 6.45) is -3.79. The van der Waals surface area contributed by atoms with Crippen LogP contribution < -0.4 is 29.7 Å². The maximum atomic E-state index is 13.6. The molecule has 0 bridgehead atoms. The van der Waals surface area contributed by atoms with Gasteiger partial charge < -0.3 is 24.3 Å². The third-order valence-electron chi connectivity index (χ3n) is 6.38. The van der Waals surface area contributed by atoms with E-state index >= 15 is 0 Å². The van der Waals surface area contributed by atoms with Gasteiger partial charge in [0.15, 0.2) is 11.5 Å². The normalized spacial score (nSPS) is 15.0. The van der Waals surface area contributed by atoms with Gasteiger partial charge in [-0.15, -0.1) is 8.78 Å². The van der Waals surface area contributed by atoms with Gasteiger partial charge in [-0.2, -0.15) is 8.78 Å². The molecule has 43 heavy (non-hydrogen) atoms. The van der Waals surface area contributed by atoms with E-state index in [1.54, 1.807) is 36.4 Å². The molecule has 0 spiro atoms. The average Bonchev–Trinajstić information content (AvgIpc) is 3.55.